The van der Waals surface area contributed by atoms with E-state index < -0.39 is 12.6 Å². The molecule has 0 radical (unpaired) electrons. The molecular formula is C16H30F3NS. The highest BCUT2D eigenvalue weighted by Crippen LogP contribution is 2.29. The lowest BCUT2D eigenvalue weighted by atomic mass is 10.0. The number of hydrogen-bond acceptors (Lipinski definition) is 2. The summed E-state index contributed by atoms with van der Waals surface area (Å²) in [6.07, 6.45) is 1.35. The van der Waals surface area contributed by atoms with Crippen molar-refractivity contribution >= 4 is 11.8 Å². The van der Waals surface area contributed by atoms with Gasteiger partial charge in [0, 0.05) is 18.0 Å². The molecule has 1 fully saturated rings. The number of likely N-dealkylation sites (tertiary alicyclic amines) is 1. The third kappa shape index (κ3) is 8.34. The largest absolute Gasteiger partial charge is 0.389 e. The minimum atomic E-state index is -3.98. The first-order valence-corrected chi connectivity index (χ1v) is 9.27. The van der Waals surface area contributed by atoms with Gasteiger partial charge in [0.25, 0.3) is 0 Å². The molecule has 21 heavy (non-hydrogen) atoms. The molecule has 0 unspecified atom stereocenters. The molecule has 0 aromatic rings. The van der Waals surface area contributed by atoms with Crippen LogP contribution in [-0.2, 0) is 0 Å². The van der Waals surface area contributed by atoms with Crippen LogP contribution in [0.2, 0.25) is 0 Å². The Morgan fingerprint density at radius 2 is 1.71 bits per heavy atom. The van der Waals surface area contributed by atoms with Crippen molar-refractivity contribution in [1.29, 1.82) is 0 Å². The van der Waals surface area contributed by atoms with E-state index in [-0.39, 0.29) is 12.0 Å². The molecule has 126 valence electrons. The van der Waals surface area contributed by atoms with E-state index in [1.54, 1.807) is 0 Å². The molecule has 0 N–H and O–H groups in total. The number of unbranched alkanes of at least 4 members (excludes halogenated alkanes) is 1. The first kappa shape index (κ1) is 19.1. The number of thioether (sulfide) groups is 1. The summed E-state index contributed by atoms with van der Waals surface area (Å²) >= 11 is 1.81. The van der Waals surface area contributed by atoms with Gasteiger partial charge in [0.15, 0.2) is 0 Å². The highest BCUT2D eigenvalue weighted by molar-refractivity contribution is 7.99. The molecule has 0 aromatic heterocycles. The third-order valence-electron chi connectivity index (χ3n) is 4.06. The van der Waals surface area contributed by atoms with Crippen LogP contribution in [0.1, 0.15) is 65.7 Å². The van der Waals surface area contributed by atoms with Gasteiger partial charge in [-0.15, -0.1) is 0 Å². The van der Waals surface area contributed by atoms with E-state index in [4.69, 9.17) is 0 Å². The fourth-order valence-corrected chi connectivity index (χ4v) is 4.05. The van der Waals surface area contributed by atoms with Crippen LogP contribution >= 0.6 is 11.8 Å². The summed E-state index contributed by atoms with van der Waals surface area (Å²) in [7, 11) is 0. The van der Waals surface area contributed by atoms with Crippen LogP contribution in [0.4, 0.5) is 13.2 Å². The summed E-state index contributed by atoms with van der Waals surface area (Å²) in [5, 5.41) is 0. The molecule has 0 aliphatic carbocycles. The van der Waals surface area contributed by atoms with Crippen LogP contribution in [0, 0.1) is 0 Å². The van der Waals surface area contributed by atoms with Crippen LogP contribution in [-0.4, -0.2) is 40.7 Å². The Labute approximate surface area is 132 Å². The maximum absolute atomic E-state index is 12.0. The highest BCUT2D eigenvalue weighted by atomic mass is 32.2. The van der Waals surface area contributed by atoms with E-state index in [0.717, 1.165) is 11.5 Å². The Kier molecular flexibility index (Phi) is 7.90. The number of nitrogens with zero attached hydrogens (tertiary/aromatic N) is 1. The molecule has 0 bridgehead atoms. The first-order chi connectivity index (χ1) is 9.70. The van der Waals surface area contributed by atoms with E-state index in [1.807, 2.05) is 11.8 Å². The molecule has 1 rings (SSSR count). The van der Waals surface area contributed by atoms with Gasteiger partial charge in [0.1, 0.15) is 0 Å². The Bertz CT molecular complexity index is 286. The van der Waals surface area contributed by atoms with E-state index in [1.165, 1.54) is 32.2 Å². The van der Waals surface area contributed by atoms with Crippen molar-refractivity contribution in [1.82, 2.24) is 4.90 Å². The minimum Gasteiger partial charge on any atom is -0.296 e. The predicted molar refractivity (Wildman–Crippen MR) is 85.9 cm³/mol. The normalized spacial score (nSPS) is 21.1. The van der Waals surface area contributed by atoms with Crippen LogP contribution in [0.25, 0.3) is 0 Å². The second kappa shape index (κ2) is 8.66. The van der Waals surface area contributed by atoms with Gasteiger partial charge in [-0.05, 0) is 77.3 Å². The summed E-state index contributed by atoms with van der Waals surface area (Å²) in [5.74, 6) is 1.95. The minimum absolute atomic E-state index is 0.256. The topological polar surface area (TPSA) is 3.24 Å². The van der Waals surface area contributed by atoms with Gasteiger partial charge < -0.3 is 0 Å². The molecule has 1 atom stereocenters. The Morgan fingerprint density at radius 3 is 2.33 bits per heavy atom. The zero-order valence-corrected chi connectivity index (χ0v) is 14.5. The second-order valence-electron chi connectivity index (χ2n) is 6.99. The van der Waals surface area contributed by atoms with Crippen molar-refractivity contribution in [3.8, 4) is 0 Å². The van der Waals surface area contributed by atoms with Crippen molar-refractivity contribution in [3.63, 3.8) is 0 Å². The van der Waals surface area contributed by atoms with E-state index >= 15 is 0 Å². The standard InChI is InChI=1S/C16H30F3NS/c1-15(2,3)20-11-6-8-14(20)9-7-13-21-12-5-4-10-16(17,18)19/h14H,4-13H2,1-3H3/t14-/m0/s1. The van der Waals surface area contributed by atoms with Gasteiger partial charge in [0.05, 0.1) is 0 Å². The maximum atomic E-state index is 12.0. The molecule has 1 aliphatic rings. The average Bonchev–Trinajstić information content (AvgIpc) is 2.79. The van der Waals surface area contributed by atoms with E-state index in [0.29, 0.717) is 12.5 Å². The molecule has 1 nitrogen and oxygen atoms in total. The Hall–Kier alpha value is 0.100. The summed E-state index contributed by atoms with van der Waals surface area (Å²) in [5.41, 5.74) is 0.256. The monoisotopic (exact) mass is 325 g/mol. The van der Waals surface area contributed by atoms with Crippen LogP contribution in [0.15, 0.2) is 0 Å². The van der Waals surface area contributed by atoms with Gasteiger partial charge in [0.2, 0.25) is 0 Å². The molecule has 1 heterocycles. The van der Waals surface area contributed by atoms with Crippen molar-refractivity contribution in [3.05, 3.63) is 0 Å². The van der Waals surface area contributed by atoms with Crippen molar-refractivity contribution < 1.29 is 13.2 Å². The molecule has 0 aromatic carbocycles. The lowest BCUT2D eigenvalue weighted by Gasteiger charge is -2.37. The van der Waals surface area contributed by atoms with Gasteiger partial charge in [-0.3, -0.25) is 4.90 Å². The molecule has 1 aliphatic heterocycles. The lowest BCUT2D eigenvalue weighted by molar-refractivity contribution is -0.135. The van der Waals surface area contributed by atoms with Crippen LogP contribution in [0.5, 0.6) is 0 Å². The SMILES string of the molecule is CC(C)(C)N1CCC[C@H]1CCCSCCCCC(F)(F)F. The summed E-state index contributed by atoms with van der Waals surface area (Å²) < 4.78 is 35.9. The average molecular weight is 325 g/mol. The fourth-order valence-electron chi connectivity index (χ4n) is 3.07. The van der Waals surface area contributed by atoms with E-state index in [2.05, 4.69) is 25.7 Å². The quantitative estimate of drug-likeness (QED) is 0.542. The second-order valence-corrected chi connectivity index (χ2v) is 8.21. The maximum Gasteiger partial charge on any atom is 0.389 e. The fraction of sp³-hybridized carbons (Fsp3) is 1.00. The molecule has 0 saturated carbocycles. The van der Waals surface area contributed by atoms with Gasteiger partial charge in [-0.1, -0.05) is 0 Å². The van der Waals surface area contributed by atoms with Crippen molar-refractivity contribution in [2.75, 3.05) is 18.1 Å². The predicted octanol–water partition coefficient (Wildman–Crippen LogP) is 5.50. The highest BCUT2D eigenvalue weighted by Gasteiger charge is 2.32. The van der Waals surface area contributed by atoms with Gasteiger partial charge in [-0.2, -0.15) is 24.9 Å². The zero-order valence-electron chi connectivity index (χ0n) is 13.6. The summed E-state index contributed by atoms with van der Waals surface area (Å²) in [4.78, 5) is 2.61. The molecule has 1 saturated heterocycles. The molecule has 0 amide bonds. The number of halogens is 3. The Morgan fingerprint density at radius 1 is 1.05 bits per heavy atom. The zero-order chi connectivity index (χ0) is 15.9. The third-order valence-corrected chi connectivity index (χ3v) is 5.22. The van der Waals surface area contributed by atoms with Crippen LogP contribution in [0.3, 0.4) is 0 Å². The number of rotatable bonds is 8. The van der Waals surface area contributed by atoms with Crippen LogP contribution < -0.4 is 0 Å². The Balaban J connectivity index is 2.02. The number of hydrogen-bond donors (Lipinski definition) is 0. The molecule has 0 spiro atoms. The van der Waals surface area contributed by atoms with Gasteiger partial charge in [-0.25, -0.2) is 0 Å². The lowest BCUT2D eigenvalue weighted by Crippen LogP contribution is -2.44. The van der Waals surface area contributed by atoms with E-state index in [9.17, 15) is 13.2 Å². The van der Waals surface area contributed by atoms with Gasteiger partial charge >= 0.3 is 6.18 Å². The summed E-state index contributed by atoms with van der Waals surface area (Å²) in [6.45, 7) is 8.04. The first-order valence-electron chi connectivity index (χ1n) is 8.11. The van der Waals surface area contributed by atoms with Crippen molar-refractivity contribution in [2.24, 2.45) is 0 Å². The summed E-state index contributed by atoms with van der Waals surface area (Å²) in [6, 6.07) is 0.704. The molecule has 5 heteroatoms. The van der Waals surface area contributed by atoms with Crippen molar-refractivity contribution in [2.45, 2.75) is 83.5 Å². The smallest absolute Gasteiger partial charge is 0.296 e. The molecular weight excluding hydrogens is 295 g/mol. The number of alkyl halides is 3.